The van der Waals surface area contributed by atoms with Crippen molar-refractivity contribution in [3.05, 3.63) is 87.6 Å². The fourth-order valence-electron chi connectivity index (χ4n) is 3.18. The molecule has 0 bridgehead atoms. The van der Waals surface area contributed by atoms with E-state index in [9.17, 15) is 13.2 Å². The number of sulfonamides is 1. The van der Waals surface area contributed by atoms with Gasteiger partial charge in [-0.15, -0.1) is 11.3 Å². The van der Waals surface area contributed by atoms with Crippen molar-refractivity contribution in [2.75, 3.05) is 0 Å². The van der Waals surface area contributed by atoms with Crippen LogP contribution >= 0.6 is 11.3 Å². The first-order valence-electron chi connectivity index (χ1n) is 9.78. The Morgan fingerprint density at radius 1 is 1.00 bits per heavy atom. The lowest BCUT2D eigenvalue weighted by atomic mass is 9.98. The SMILES string of the molecule is CC(C)c1ccc([C@@H](NC(=O)CCc2ccc(S(N)(=O)=O)cc2)c2cccs2)cc1. The van der Waals surface area contributed by atoms with Gasteiger partial charge < -0.3 is 5.32 Å². The molecule has 2 aromatic carbocycles. The third-order valence-electron chi connectivity index (χ3n) is 4.96. The molecule has 0 saturated carbocycles. The fourth-order valence-corrected chi connectivity index (χ4v) is 4.50. The Labute approximate surface area is 182 Å². The number of nitrogens with two attached hydrogens (primary N) is 1. The molecule has 1 aromatic heterocycles. The van der Waals surface area contributed by atoms with Crippen LogP contribution in [0.15, 0.2) is 70.9 Å². The van der Waals surface area contributed by atoms with Crippen LogP contribution in [0.2, 0.25) is 0 Å². The van der Waals surface area contributed by atoms with E-state index >= 15 is 0 Å². The zero-order chi connectivity index (χ0) is 21.7. The summed E-state index contributed by atoms with van der Waals surface area (Å²) in [5.41, 5.74) is 3.19. The van der Waals surface area contributed by atoms with E-state index in [0.29, 0.717) is 18.8 Å². The maximum atomic E-state index is 12.7. The lowest BCUT2D eigenvalue weighted by Gasteiger charge is -2.19. The van der Waals surface area contributed by atoms with Gasteiger partial charge in [0, 0.05) is 11.3 Å². The highest BCUT2D eigenvalue weighted by Gasteiger charge is 2.18. The summed E-state index contributed by atoms with van der Waals surface area (Å²) in [5, 5.41) is 10.3. The van der Waals surface area contributed by atoms with Gasteiger partial charge in [-0.25, -0.2) is 13.6 Å². The van der Waals surface area contributed by atoms with Crippen molar-refractivity contribution < 1.29 is 13.2 Å². The highest BCUT2D eigenvalue weighted by Crippen LogP contribution is 2.27. The molecule has 30 heavy (non-hydrogen) atoms. The van der Waals surface area contributed by atoms with Crippen LogP contribution in [0.25, 0.3) is 0 Å². The van der Waals surface area contributed by atoms with E-state index in [-0.39, 0.29) is 16.8 Å². The standard InChI is InChI=1S/C23H26N2O3S2/c1-16(2)18-8-10-19(11-9-18)23(21-4-3-15-29-21)25-22(26)14-7-17-5-12-20(13-6-17)30(24,27)28/h3-6,8-13,15-16,23H,7,14H2,1-2H3,(H,25,26)(H2,24,27,28)/t23-/m1/s1. The highest BCUT2D eigenvalue weighted by atomic mass is 32.2. The quantitative estimate of drug-likeness (QED) is 0.543. The summed E-state index contributed by atoms with van der Waals surface area (Å²) in [6.07, 6.45) is 0.820. The van der Waals surface area contributed by atoms with Gasteiger partial charge in [-0.2, -0.15) is 0 Å². The number of aryl methyl sites for hydroxylation is 1. The van der Waals surface area contributed by atoms with Gasteiger partial charge in [0.2, 0.25) is 15.9 Å². The first-order chi connectivity index (χ1) is 14.2. The minimum absolute atomic E-state index is 0.0585. The van der Waals surface area contributed by atoms with Gasteiger partial charge >= 0.3 is 0 Å². The summed E-state index contributed by atoms with van der Waals surface area (Å²) in [4.78, 5) is 13.8. The number of nitrogens with one attached hydrogen (secondary N) is 1. The maximum absolute atomic E-state index is 12.7. The molecule has 1 atom stereocenters. The molecule has 0 radical (unpaired) electrons. The molecule has 0 aliphatic rings. The molecular weight excluding hydrogens is 416 g/mol. The number of carbonyl (C=O) groups excluding carboxylic acids is 1. The molecule has 0 fully saturated rings. The van der Waals surface area contributed by atoms with Crippen molar-refractivity contribution in [1.82, 2.24) is 5.32 Å². The van der Waals surface area contributed by atoms with Gasteiger partial charge in [-0.05, 0) is 52.6 Å². The van der Waals surface area contributed by atoms with Crippen LogP contribution in [0.4, 0.5) is 0 Å². The average Bonchev–Trinajstić information content (AvgIpc) is 3.25. The summed E-state index contributed by atoms with van der Waals surface area (Å²) in [6.45, 7) is 4.31. The molecule has 0 aliphatic heterocycles. The summed E-state index contributed by atoms with van der Waals surface area (Å²) < 4.78 is 22.7. The number of benzene rings is 2. The van der Waals surface area contributed by atoms with Crippen LogP contribution in [0, 0.1) is 0 Å². The zero-order valence-corrected chi connectivity index (χ0v) is 18.7. The van der Waals surface area contributed by atoms with Gasteiger partial charge in [0.25, 0.3) is 0 Å². The van der Waals surface area contributed by atoms with Crippen molar-refractivity contribution in [3.63, 3.8) is 0 Å². The number of thiophene rings is 1. The van der Waals surface area contributed by atoms with E-state index in [0.717, 1.165) is 16.0 Å². The molecule has 158 valence electrons. The van der Waals surface area contributed by atoms with Gasteiger partial charge in [0.05, 0.1) is 10.9 Å². The first kappa shape index (κ1) is 22.2. The number of primary sulfonamides is 1. The van der Waals surface area contributed by atoms with Gasteiger partial charge in [0.1, 0.15) is 0 Å². The van der Waals surface area contributed by atoms with E-state index in [1.54, 1.807) is 23.5 Å². The summed E-state index contributed by atoms with van der Waals surface area (Å²) >= 11 is 1.61. The lowest BCUT2D eigenvalue weighted by Crippen LogP contribution is -2.29. The predicted octanol–water partition coefficient (Wildman–Crippen LogP) is 4.36. The molecule has 7 heteroatoms. The molecule has 3 aromatic rings. The van der Waals surface area contributed by atoms with E-state index in [1.807, 2.05) is 17.5 Å². The predicted molar refractivity (Wildman–Crippen MR) is 121 cm³/mol. The molecule has 0 aliphatic carbocycles. The third kappa shape index (κ3) is 5.78. The zero-order valence-electron chi connectivity index (χ0n) is 17.0. The van der Waals surface area contributed by atoms with E-state index in [2.05, 4.69) is 43.4 Å². The third-order valence-corrected chi connectivity index (χ3v) is 6.83. The summed E-state index contributed by atoms with van der Waals surface area (Å²) in [5.74, 6) is 0.395. The van der Waals surface area contributed by atoms with Gasteiger partial charge in [-0.1, -0.05) is 56.3 Å². The highest BCUT2D eigenvalue weighted by molar-refractivity contribution is 7.89. The largest absolute Gasteiger partial charge is 0.344 e. The molecule has 0 spiro atoms. The number of hydrogen-bond donors (Lipinski definition) is 2. The Hall–Kier alpha value is -2.48. The number of carbonyl (C=O) groups is 1. The molecule has 0 unspecified atom stereocenters. The Kier molecular flexibility index (Phi) is 7.07. The molecule has 0 saturated heterocycles. The first-order valence-corrected chi connectivity index (χ1v) is 12.2. The molecule has 1 amide bonds. The minimum Gasteiger partial charge on any atom is -0.344 e. The number of hydrogen-bond acceptors (Lipinski definition) is 4. The van der Waals surface area contributed by atoms with Crippen LogP contribution in [0.3, 0.4) is 0 Å². The Morgan fingerprint density at radius 2 is 1.63 bits per heavy atom. The minimum atomic E-state index is -3.71. The van der Waals surface area contributed by atoms with E-state index in [1.165, 1.54) is 17.7 Å². The van der Waals surface area contributed by atoms with Crippen LogP contribution in [-0.4, -0.2) is 14.3 Å². The molecular formula is C23H26N2O3S2. The van der Waals surface area contributed by atoms with Crippen LogP contribution in [0.1, 0.15) is 53.8 Å². The topological polar surface area (TPSA) is 89.3 Å². The van der Waals surface area contributed by atoms with Crippen molar-refractivity contribution >= 4 is 27.3 Å². The van der Waals surface area contributed by atoms with Gasteiger partial charge in [0.15, 0.2) is 0 Å². The van der Waals surface area contributed by atoms with Crippen molar-refractivity contribution in [3.8, 4) is 0 Å². The smallest absolute Gasteiger partial charge is 0.238 e. The van der Waals surface area contributed by atoms with Crippen LogP contribution < -0.4 is 10.5 Å². The second kappa shape index (κ2) is 9.55. The normalized spacial score (nSPS) is 12.7. The molecule has 5 nitrogen and oxygen atoms in total. The van der Waals surface area contributed by atoms with Crippen molar-refractivity contribution in [2.45, 2.75) is 43.5 Å². The Morgan fingerprint density at radius 3 is 2.17 bits per heavy atom. The van der Waals surface area contributed by atoms with Gasteiger partial charge in [-0.3, -0.25) is 4.79 Å². The monoisotopic (exact) mass is 442 g/mol. The fraction of sp³-hybridized carbons (Fsp3) is 0.261. The lowest BCUT2D eigenvalue weighted by molar-refractivity contribution is -0.121. The van der Waals surface area contributed by atoms with Crippen LogP contribution in [-0.2, 0) is 21.2 Å². The number of amides is 1. The van der Waals surface area contributed by atoms with Crippen molar-refractivity contribution in [2.24, 2.45) is 5.14 Å². The van der Waals surface area contributed by atoms with Crippen LogP contribution in [0.5, 0.6) is 0 Å². The van der Waals surface area contributed by atoms with E-state index in [4.69, 9.17) is 5.14 Å². The second-order valence-electron chi connectivity index (χ2n) is 7.53. The summed E-state index contributed by atoms with van der Waals surface area (Å²) in [6, 6.07) is 18.5. The maximum Gasteiger partial charge on any atom is 0.238 e. The summed E-state index contributed by atoms with van der Waals surface area (Å²) in [7, 11) is -3.71. The van der Waals surface area contributed by atoms with E-state index < -0.39 is 10.0 Å². The Bertz CT molecular complexity index is 1070. The molecule has 3 N–H and O–H groups in total. The second-order valence-corrected chi connectivity index (χ2v) is 10.1. The average molecular weight is 443 g/mol. The molecule has 3 rings (SSSR count). The Balaban J connectivity index is 1.68. The number of rotatable bonds is 8. The van der Waals surface area contributed by atoms with Crippen molar-refractivity contribution in [1.29, 1.82) is 0 Å². The molecule has 1 heterocycles.